The van der Waals surface area contributed by atoms with Crippen LogP contribution in [0.5, 0.6) is 0 Å². The van der Waals surface area contributed by atoms with Gasteiger partial charge in [0.25, 0.3) is 0 Å². The van der Waals surface area contributed by atoms with E-state index < -0.39 is 0 Å². The maximum atomic E-state index is 12.9. The van der Waals surface area contributed by atoms with Gasteiger partial charge in [-0.1, -0.05) is 31.4 Å². The third-order valence-electron chi connectivity index (χ3n) is 3.23. The standard InChI is InChI=1S/C15H18FNO/c16-13-6-4-5-12(11-13)9-10-15(18)17-14-7-2-1-3-8-14/h4-6,9-11,14H,1-3,7-8H2,(H,17,18)/b10-9+. The van der Waals surface area contributed by atoms with Crippen LogP contribution < -0.4 is 5.32 Å². The normalized spacial score (nSPS) is 16.9. The van der Waals surface area contributed by atoms with Crippen LogP contribution in [0.1, 0.15) is 37.7 Å². The van der Waals surface area contributed by atoms with Crippen LogP contribution in [0.3, 0.4) is 0 Å². The van der Waals surface area contributed by atoms with Gasteiger partial charge in [-0.2, -0.15) is 0 Å². The van der Waals surface area contributed by atoms with Gasteiger partial charge in [0.1, 0.15) is 5.82 Å². The van der Waals surface area contributed by atoms with Crippen molar-refractivity contribution in [1.29, 1.82) is 0 Å². The summed E-state index contributed by atoms with van der Waals surface area (Å²) in [6, 6.07) is 6.51. The van der Waals surface area contributed by atoms with E-state index in [-0.39, 0.29) is 11.7 Å². The minimum atomic E-state index is -0.287. The second kappa shape index (κ2) is 6.34. The fourth-order valence-corrected chi connectivity index (χ4v) is 2.28. The Labute approximate surface area is 107 Å². The van der Waals surface area contributed by atoms with E-state index in [1.54, 1.807) is 18.2 Å². The van der Waals surface area contributed by atoms with Gasteiger partial charge in [-0.25, -0.2) is 4.39 Å². The zero-order valence-corrected chi connectivity index (χ0v) is 10.4. The van der Waals surface area contributed by atoms with Crippen LogP contribution >= 0.6 is 0 Å². The van der Waals surface area contributed by atoms with E-state index in [4.69, 9.17) is 0 Å². The van der Waals surface area contributed by atoms with E-state index >= 15 is 0 Å². The Bertz CT molecular complexity index is 436. The smallest absolute Gasteiger partial charge is 0.244 e. The first-order chi connectivity index (χ1) is 8.74. The zero-order valence-electron chi connectivity index (χ0n) is 10.4. The monoisotopic (exact) mass is 247 g/mol. The summed E-state index contributed by atoms with van der Waals surface area (Å²) in [6.45, 7) is 0. The Morgan fingerprint density at radius 2 is 2.06 bits per heavy atom. The molecule has 1 amide bonds. The molecule has 1 fully saturated rings. The van der Waals surface area contributed by atoms with Crippen LogP contribution in [-0.2, 0) is 4.79 Å². The van der Waals surface area contributed by atoms with E-state index in [2.05, 4.69) is 5.32 Å². The number of hydrogen-bond acceptors (Lipinski definition) is 1. The Morgan fingerprint density at radius 1 is 1.28 bits per heavy atom. The Morgan fingerprint density at radius 3 is 2.78 bits per heavy atom. The summed E-state index contributed by atoms with van der Waals surface area (Å²) in [5.41, 5.74) is 0.703. The lowest BCUT2D eigenvalue weighted by atomic mass is 9.95. The van der Waals surface area contributed by atoms with Crippen molar-refractivity contribution in [3.05, 3.63) is 41.7 Å². The maximum Gasteiger partial charge on any atom is 0.244 e. The SMILES string of the molecule is O=C(/C=C/c1cccc(F)c1)NC1CCCCC1. The van der Waals surface area contributed by atoms with Gasteiger partial charge in [-0.3, -0.25) is 4.79 Å². The van der Waals surface area contributed by atoms with E-state index in [1.165, 1.54) is 37.5 Å². The van der Waals surface area contributed by atoms with Crippen molar-refractivity contribution in [3.8, 4) is 0 Å². The lowest BCUT2D eigenvalue weighted by molar-refractivity contribution is -0.117. The Balaban J connectivity index is 1.86. The lowest BCUT2D eigenvalue weighted by Crippen LogP contribution is -2.34. The summed E-state index contributed by atoms with van der Waals surface area (Å²) >= 11 is 0. The topological polar surface area (TPSA) is 29.1 Å². The second-order valence-electron chi connectivity index (χ2n) is 4.73. The molecule has 0 radical (unpaired) electrons. The molecule has 1 aromatic rings. The van der Waals surface area contributed by atoms with Crippen molar-refractivity contribution in [2.45, 2.75) is 38.1 Å². The predicted molar refractivity (Wildman–Crippen MR) is 70.4 cm³/mol. The molecule has 0 aliphatic heterocycles. The first kappa shape index (κ1) is 12.8. The molecule has 0 unspecified atom stereocenters. The zero-order chi connectivity index (χ0) is 12.8. The van der Waals surface area contributed by atoms with Crippen LogP contribution in [0.2, 0.25) is 0 Å². The summed E-state index contributed by atoms with van der Waals surface area (Å²) in [4.78, 5) is 11.7. The molecule has 1 aliphatic rings. The van der Waals surface area contributed by atoms with Gasteiger partial charge in [-0.15, -0.1) is 0 Å². The van der Waals surface area contributed by atoms with E-state index in [9.17, 15) is 9.18 Å². The average molecular weight is 247 g/mol. The van der Waals surface area contributed by atoms with E-state index in [1.807, 2.05) is 0 Å². The number of nitrogens with one attached hydrogen (secondary N) is 1. The molecule has 0 bridgehead atoms. The number of halogens is 1. The minimum absolute atomic E-state index is 0.0915. The Hall–Kier alpha value is -1.64. The maximum absolute atomic E-state index is 12.9. The molecule has 96 valence electrons. The highest BCUT2D eigenvalue weighted by Gasteiger charge is 2.13. The van der Waals surface area contributed by atoms with Crippen LogP contribution in [0.15, 0.2) is 30.3 Å². The molecule has 0 atom stereocenters. The van der Waals surface area contributed by atoms with Crippen LogP contribution in [0.25, 0.3) is 6.08 Å². The highest BCUT2D eigenvalue weighted by Crippen LogP contribution is 2.17. The summed E-state index contributed by atoms with van der Waals surface area (Å²) in [5.74, 6) is -0.379. The van der Waals surface area contributed by atoms with Crippen molar-refractivity contribution in [2.75, 3.05) is 0 Å². The second-order valence-corrected chi connectivity index (χ2v) is 4.73. The van der Waals surface area contributed by atoms with E-state index in [0.29, 0.717) is 11.6 Å². The first-order valence-corrected chi connectivity index (χ1v) is 6.48. The summed E-state index contributed by atoms with van der Waals surface area (Å²) in [6.07, 6.45) is 8.91. The summed E-state index contributed by atoms with van der Waals surface area (Å²) < 4.78 is 12.9. The molecule has 0 aromatic heterocycles. The molecule has 1 aliphatic carbocycles. The van der Waals surface area contributed by atoms with Crippen molar-refractivity contribution < 1.29 is 9.18 Å². The van der Waals surface area contributed by atoms with Gasteiger partial charge in [0.05, 0.1) is 0 Å². The summed E-state index contributed by atoms with van der Waals surface area (Å²) in [7, 11) is 0. The number of carbonyl (C=O) groups excluding carboxylic acids is 1. The molecule has 0 heterocycles. The van der Waals surface area contributed by atoms with Crippen LogP contribution in [-0.4, -0.2) is 11.9 Å². The van der Waals surface area contributed by atoms with E-state index in [0.717, 1.165) is 12.8 Å². The van der Waals surface area contributed by atoms with Gasteiger partial charge in [0, 0.05) is 12.1 Å². The molecule has 18 heavy (non-hydrogen) atoms. The molecule has 1 aromatic carbocycles. The molecule has 0 spiro atoms. The molecule has 1 N–H and O–H groups in total. The molecular weight excluding hydrogens is 229 g/mol. The van der Waals surface area contributed by atoms with Gasteiger partial charge in [0.15, 0.2) is 0 Å². The van der Waals surface area contributed by atoms with Gasteiger partial charge < -0.3 is 5.32 Å². The molecule has 0 saturated heterocycles. The number of carbonyl (C=O) groups is 1. The number of hydrogen-bond donors (Lipinski definition) is 1. The highest BCUT2D eigenvalue weighted by atomic mass is 19.1. The highest BCUT2D eigenvalue weighted by molar-refractivity contribution is 5.91. The van der Waals surface area contributed by atoms with Gasteiger partial charge >= 0.3 is 0 Å². The van der Waals surface area contributed by atoms with Crippen LogP contribution in [0, 0.1) is 5.82 Å². The average Bonchev–Trinajstić information content (AvgIpc) is 2.38. The molecule has 2 rings (SSSR count). The molecule has 3 heteroatoms. The predicted octanol–water partition coefficient (Wildman–Crippen LogP) is 3.29. The summed E-state index contributed by atoms with van der Waals surface area (Å²) in [5, 5.41) is 2.98. The van der Waals surface area contributed by atoms with Gasteiger partial charge in [-0.05, 0) is 36.6 Å². The number of amides is 1. The molecular formula is C15H18FNO. The number of rotatable bonds is 3. The minimum Gasteiger partial charge on any atom is -0.350 e. The van der Waals surface area contributed by atoms with Crippen LogP contribution in [0.4, 0.5) is 4.39 Å². The van der Waals surface area contributed by atoms with Gasteiger partial charge in [0.2, 0.25) is 5.91 Å². The van der Waals surface area contributed by atoms with Crippen molar-refractivity contribution >= 4 is 12.0 Å². The fraction of sp³-hybridized carbons (Fsp3) is 0.400. The third kappa shape index (κ3) is 3.99. The molecule has 2 nitrogen and oxygen atoms in total. The lowest BCUT2D eigenvalue weighted by Gasteiger charge is -2.21. The molecule has 1 saturated carbocycles. The van der Waals surface area contributed by atoms with Crippen molar-refractivity contribution in [2.24, 2.45) is 0 Å². The first-order valence-electron chi connectivity index (χ1n) is 6.48. The fourth-order valence-electron chi connectivity index (χ4n) is 2.28. The quantitative estimate of drug-likeness (QED) is 0.816. The van der Waals surface area contributed by atoms with Crippen molar-refractivity contribution in [1.82, 2.24) is 5.32 Å². The third-order valence-corrected chi connectivity index (χ3v) is 3.23. The van der Waals surface area contributed by atoms with Crippen molar-refractivity contribution in [3.63, 3.8) is 0 Å². The number of benzene rings is 1. The largest absolute Gasteiger partial charge is 0.350 e. The Kier molecular flexibility index (Phi) is 4.51.